The molecule has 0 radical (unpaired) electrons. The number of Topliss-reactive ketones (excluding diaryl/α,β-unsaturated/α-hetero) is 1. The molecule has 1 unspecified atom stereocenters. The molecule has 3 rings (SSSR count). The topological polar surface area (TPSA) is 40.6 Å². The monoisotopic (exact) mass is 272 g/mol. The fourth-order valence-corrected chi connectivity index (χ4v) is 3.19. The van der Waals surface area contributed by atoms with Crippen molar-refractivity contribution in [1.82, 2.24) is 9.80 Å². The van der Waals surface area contributed by atoms with Crippen LogP contribution in [0.5, 0.6) is 0 Å². The Morgan fingerprint density at radius 1 is 1.35 bits per heavy atom. The first-order chi connectivity index (χ1) is 9.63. The Bertz CT molecular complexity index is 541. The number of rotatable bonds is 3. The molecule has 0 N–H and O–H groups in total. The van der Waals surface area contributed by atoms with Gasteiger partial charge in [-0.15, -0.1) is 0 Å². The van der Waals surface area contributed by atoms with Crippen LogP contribution in [0.3, 0.4) is 0 Å². The molecule has 2 aliphatic heterocycles. The first-order valence-electron chi connectivity index (χ1n) is 7.25. The molecule has 2 heterocycles. The Labute approximate surface area is 119 Å². The maximum Gasteiger partial charge on any atom is 0.222 e. The summed E-state index contributed by atoms with van der Waals surface area (Å²) >= 11 is 0. The normalized spacial score (nSPS) is 22.9. The van der Waals surface area contributed by atoms with Gasteiger partial charge in [-0.3, -0.25) is 14.5 Å². The van der Waals surface area contributed by atoms with Gasteiger partial charge in [-0.05, 0) is 19.4 Å². The van der Waals surface area contributed by atoms with Gasteiger partial charge in [0.2, 0.25) is 5.91 Å². The molecule has 2 saturated heterocycles. The third kappa shape index (κ3) is 2.61. The van der Waals surface area contributed by atoms with Crippen LogP contribution in [0, 0.1) is 6.92 Å². The molecular weight excluding hydrogens is 252 g/mol. The van der Waals surface area contributed by atoms with E-state index in [1.165, 1.54) is 0 Å². The highest BCUT2D eigenvalue weighted by Gasteiger charge is 2.35. The van der Waals surface area contributed by atoms with E-state index in [2.05, 4.69) is 4.90 Å². The third-order valence-corrected chi connectivity index (χ3v) is 4.29. The van der Waals surface area contributed by atoms with Gasteiger partial charge in [0.05, 0.1) is 6.54 Å². The average Bonchev–Trinajstić information content (AvgIpc) is 2.80. The molecule has 1 atom stereocenters. The van der Waals surface area contributed by atoms with Gasteiger partial charge in [-0.1, -0.05) is 23.8 Å². The second kappa shape index (κ2) is 5.37. The zero-order valence-corrected chi connectivity index (χ0v) is 11.8. The van der Waals surface area contributed by atoms with Crippen molar-refractivity contribution >= 4 is 11.7 Å². The lowest BCUT2D eigenvalue weighted by atomic mass is 10.1. The number of amides is 1. The molecular formula is C16H20N2O2. The van der Waals surface area contributed by atoms with E-state index in [0.29, 0.717) is 19.0 Å². The van der Waals surface area contributed by atoms with Gasteiger partial charge in [0.25, 0.3) is 0 Å². The minimum absolute atomic E-state index is 0.173. The molecule has 4 nitrogen and oxygen atoms in total. The van der Waals surface area contributed by atoms with Crippen LogP contribution in [0.1, 0.15) is 28.8 Å². The first-order valence-corrected chi connectivity index (χ1v) is 7.25. The molecule has 20 heavy (non-hydrogen) atoms. The minimum atomic E-state index is 0.173. The van der Waals surface area contributed by atoms with Gasteiger partial charge >= 0.3 is 0 Å². The van der Waals surface area contributed by atoms with Gasteiger partial charge in [-0.2, -0.15) is 0 Å². The number of carbonyl (C=O) groups excluding carboxylic acids is 2. The predicted octanol–water partition coefficient (Wildman–Crippen LogP) is 1.48. The molecule has 2 fully saturated rings. The number of carbonyl (C=O) groups is 2. The maximum absolute atomic E-state index is 12.3. The van der Waals surface area contributed by atoms with E-state index < -0.39 is 0 Å². The smallest absolute Gasteiger partial charge is 0.222 e. The second-order valence-corrected chi connectivity index (χ2v) is 5.81. The molecule has 4 heteroatoms. The molecule has 0 spiro atoms. The summed E-state index contributed by atoms with van der Waals surface area (Å²) in [6, 6.07) is 8.07. The molecule has 1 aromatic carbocycles. The zero-order valence-electron chi connectivity index (χ0n) is 11.8. The fourth-order valence-electron chi connectivity index (χ4n) is 3.19. The van der Waals surface area contributed by atoms with E-state index >= 15 is 0 Å². The quantitative estimate of drug-likeness (QED) is 0.783. The number of benzene rings is 1. The molecule has 0 bridgehead atoms. The first kappa shape index (κ1) is 13.3. The second-order valence-electron chi connectivity index (χ2n) is 5.81. The van der Waals surface area contributed by atoms with Crippen LogP contribution in [0.25, 0.3) is 0 Å². The summed E-state index contributed by atoms with van der Waals surface area (Å²) in [5, 5.41) is 0. The number of hydrogen-bond donors (Lipinski definition) is 0. The standard InChI is InChI=1S/C16H20N2O2/c1-12-3-2-4-13(9-12)15(19)11-17-7-8-18-14(10-17)5-6-16(18)20/h2-4,9,14H,5-8,10-11H2,1H3. The number of fused-ring (bicyclic) bond motifs is 1. The molecule has 0 saturated carbocycles. The van der Waals surface area contributed by atoms with Crippen LogP contribution in [0.4, 0.5) is 0 Å². The summed E-state index contributed by atoms with van der Waals surface area (Å²) in [5.74, 6) is 0.450. The zero-order chi connectivity index (χ0) is 14.1. The molecule has 106 valence electrons. The van der Waals surface area contributed by atoms with Crippen molar-refractivity contribution in [3.05, 3.63) is 35.4 Å². The van der Waals surface area contributed by atoms with Crippen molar-refractivity contribution in [1.29, 1.82) is 0 Å². The van der Waals surface area contributed by atoms with Crippen molar-refractivity contribution in [2.75, 3.05) is 26.2 Å². The number of ketones is 1. The van der Waals surface area contributed by atoms with E-state index in [9.17, 15) is 9.59 Å². The van der Waals surface area contributed by atoms with Crippen LogP contribution >= 0.6 is 0 Å². The maximum atomic E-state index is 12.3. The summed E-state index contributed by atoms with van der Waals surface area (Å²) < 4.78 is 0. The van der Waals surface area contributed by atoms with Gasteiger partial charge in [0.1, 0.15) is 0 Å². The van der Waals surface area contributed by atoms with Gasteiger partial charge in [-0.25, -0.2) is 0 Å². The Balaban J connectivity index is 1.61. The van der Waals surface area contributed by atoms with Crippen molar-refractivity contribution in [2.45, 2.75) is 25.8 Å². The third-order valence-electron chi connectivity index (χ3n) is 4.29. The van der Waals surface area contributed by atoms with Crippen molar-refractivity contribution in [3.63, 3.8) is 0 Å². The highest BCUT2D eigenvalue weighted by atomic mass is 16.2. The van der Waals surface area contributed by atoms with Crippen LogP contribution in [0.15, 0.2) is 24.3 Å². The van der Waals surface area contributed by atoms with E-state index in [1.54, 1.807) is 0 Å². The lowest BCUT2D eigenvalue weighted by Crippen LogP contribution is -2.52. The molecule has 0 aromatic heterocycles. The number of nitrogens with zero attached hydrogens (tertiary/aromatic N) is 2. The van der Waals surface area contributed by atoms with Gasteiger partial charge in [0.15, 0.2) is 5.78 Å². The van der Waals surface area contributed by atoms with Crippen molar-refractivity contribution < 1.29 is 9.59 Å². The molecule has 2 aliphatic rings. The predicted molar refractivity (Wildman–Crippen MR) is 76.7 cm³/mol. The van der Waals surface area contributed by atoms with Crippen molar-refractivity contribution in [2.24, 2.45) is 0 Å². The SMILES string of the molecule is Cc1cccc(C(=O)CN2CCN3C(=O)CCC3C2)c1. The van der Waals surface area contributed by atoms with E-state index in [4.69, 9.17) is 0 Å². The van der Waals surface area contributed by atoms with Crippen LogP contribution in [-0.2, 0) is 4.79 Å². The highest BCUT2D eigenvalue weighted by Crippen LogP contribution is 2.22. The summed E-state index contributed by atoms with van der Waals surface area (Å²) in [6.45, 7) is 4.87. The van der Waals surface area contributed by atoms with E-state index in [-0.39, 0.29) is 11.7 Å². The Kier molecular flexibility index (Phi) is 3.57. The summed E-state index contributed by atoms with van der Waals surface area (Å²) in [7, 11) is 0. The fraction of sp³-hybridized carbons (Fsp3) is 0.500. The van der Waals surface area contributed by atoms with Crippen molar-refractivity contribution in [3.8, 4) is 0 Å². The van der Waals surface area contributed by atoms with E-state index in [0.717, 1.165) is 37.2 Å². The highest BCUT2D eigenvalue weighted by molar-refractivity contribution is 5.97. The number of piperazine rings is 1. The Morgan fingerprint density at radius 2 is 2.20 bits per heavy atom. The summed E-state index contributed by atoms with van der Waals surface area (Å²) in [5.41, 5.74) is 1.90. The molecule has 1 amide bonds. The van der Waals surface area contributed by atoms with Gasteiger partial charge in [0, 0.05) is 37.7 Å². The summed E-state index contributed by atoms with van der Waals surface area (Å²) in [4.78, 5) is 28.1. The lowest BCUT2D eigenvalue weighted by molar-refractivity contribution is -0.130. The van der Waals surface area contributed by atoms with Crippen LogP contribution in [0.2, 0.25) is 0 Å². The number of aryl methyl sites for hydroxylation is 1. The van der Waals surface area contributed by atoms with Gasteiger partial charge < -0.3 is 4.90 Å². The molecule has 1 aromatic rings. The Morgan fingerprint density at radius 3 is 3.00 bits per heavy atom. The Hall–Kier alpha value is -1.68. The van der Waals surface area contributed by atoms with Crippen LogP contribution in [-0.4, -0.2) is 53.7 Å². The number of hydrogen-bond acceptors (Lipinski definition) is 3. The van der Waals surface area contributed by atoms with Crippen LogP contribution < -0.4 is 0 Å². The minimum Gasteiger partial charge on any atom is -0.337 e. The summed E-state index contributed by atoms with van der Waals surface area (Å²) in [6.07, 6.45) is 1.61. The average molecular weight is 272 g/mol. The van der Waals surface area contributed by atoms with E-state index in [1.807, 2.05) is 36.1 Å². The lowest BCUT2D eigenvalue weighted by Gasteiger charge is -2.37. The molecule has 0 aliphatic carbocycles. The largest absolute Gasteiger partial charge is 0.337 e.